The van der Waals surface area contributed by atoms with Crippen LogP contribution in [0.3, 0.4) is 0 Å². The predicted molar refractivity (Wildman–Crippen MR) is 123 cm³/mol. The van der Waals surface area contributed by atoms with E-state index in [1.165, 1.54) is 5.56 Å². The molecule has 158 valence electrons. The topological polar surface area (TPSA) is 39.7 Å². The van der Waals surface area contributed by atoms with Crippen molar-refractivity contribution >= 4 is 5.69 Å². The lowest BCUT2D eigenvalue weighted by Gasteiger charge is -2.11. The normalized spacial score (nSPS) is 10.6. The Bertz CT molecular complexity index is 863. The van der Waals surface area contributed by atoms with E-state index < -0.39 is 0 Å². The Balaban J connectivity index is 1.39. The SMILES string of the molecule is CC(C)CCOc1cccc(CNc2ccc(OCCOc3ccccc3)cc2)c1. The quantitative estimate of drug-likeness (QED) is 0.365. The maximum Gasteiger partial charge on any atom is 0.122 e. The fraction of sp³-hybridized carbons (Fsp3) is 0.308. The van der Waals surface area contributed by atoms with Crippen molar-refractivity contribution in [3.63, 3.8) is 0 Å². The number of nitrogens with one attached hydrogen (secondary N) is 1. The third-order valence-corrected chi connectivity index (χ3v) is 4.58. The van der Waals surface area contributed by atoms with Gasteiger partial charge in [-0.3, -0.25) is 0 Å². The summed E-state index contributed by atoms with van der Waals surface area (Å²) in [5, 5.41) is 3.44. The van der Waals surface area contributed by atoms with E-state index in [0.29, 0.717) is 19.1 Å². The second-order valence-corrected chi connectivity index (χ2v) is 7.57. The van der Waals surface area contributed by atoms with E-state index in [4.69, 9.17) is 14.2 Å². The van der Waals surface area contributed by atoms with E-state index in [2.05, 4.69) is 31.3 Å². The van der Waals surface area contributed by atoms with Gasteiger partial charge in [-0.1, -0.05) is 44.2 Å². The van der Waals surface area contributed by atoms with Crippen molar-refractivity contribution in [3.05, 3.63) is 84.4 Å². The number of rotatable bonds is 12. The molecule has 0 aliphatic heterocycles. The summed E-state index contributed by atoms with van der Waals surface area (Å²) in [6, 6.07) is 26.0. The Morgan fingerprint density at radius 3 is 2.00 bits per heavy atom. The third kappa shape index (κ3) is 7.70. The minimum Gasteiger partial charge on any atom is -0.494 e. The minimum atomic E-state index is 0.505. The highest BCUT2D eigenvalue weighted by molar-refractivity contribution is 5.47. The van der Waals surface area contributed by atoms with Gasteiger partial charge in [-0.15, -0.1) is 0 Å². The fourth-order valence-electron chi connectivity index (χ4n) is 2.87. The molecule has 3 aromatic rings. The van der Waals surface area contributed by atoms with E-state index in [1.807, 2.05) is 66.7 Å². The molecule has 0 atom stereocenters. The Morgan fingerprint density at radius 1 is 0.667 bits per heavy atom. The molecule has 0 amide bonds. The number of hydrogen-bond donors (Lipinski definition) is 1. The Hall–Kier alpha value is -3.14. The average molecular weight is 406 g/mol. The summed E-state index contributed by atoms with van der Waals surface area (Å²) < 4.78 is 17.2. The van der Waals surface area contributed by atoms with Crippen molar-refractivity contribution < 1.29 is 14.2 Å². The Labute approximate surface area is 179 Å². The van der Waals surface area contributed by atoms with E-state index in [-0.39, 0.29) is 0 Å². The maximum absolute atomic E-state index is 5.85. The highest BCUT2D eigenvalue weighted by Gasteiger charge is 2.01. The van der Waals surface area contributed by atoms with Crippen LogP contribution in [0.1, 0.15) is 25.8 Å². The van der Waals surface area contributed by atoms with Crippen LogP contribution in [0.5, 0.6) is 17.2 Å². The van der Waals surface area contributed by atoms with Gasteiger partial charge in [0.05, 0.1) is 6.61 Å². The van der Waals surface area contributed by atoms with Gasteiger partial charge in [0.2, 0.25) is 0 Å². The van der Waals surface area contributed by atoms with Crippen LogP contribution in [0, 0.1) is 5.92 Å². The van der Waals surface area contributed by atoms with E-state index in [1.54, 1.807) is 0 Å². The predicted octanol–water partition coefficient (Wildman–Crippen LogP) is 6.18. The zero-order chi connectivity index (χ0) is 21.0. The molecular formula is C26H31NO3. The smallest absolute Gasteiger partial charge is 0.122 e. The summed E-state index contributed by atoms with van der Waals surface area (Å²) >= 11 is 0. The molecule has 0 aliphatic rings. The molecule has 3 aromatic carbocycles. The van der Waals surface area contributed by atoms with Crippen molar-refractivity contribution in [2.45, 2.75) is 26.8 Å². The van der Waals surface area contributed by atoms with E-state index >= 15 is 0 Å². The highest BCUT2D eigenvalue weighted by atomic mass is 16.5. The van der Waals surface area contributed by atoms with E-state index in [9.17, 15) is 0 Å². The number of anilines is 1. The summed E-state index contributed by atoms with van der Waals surface area (Å²) in [7, 11) is 0. The first-order valence-corrected chi connectivity index (χ1v) is 10.6. The van der Waals surface area contributed by atoms with Gasteiger partial charge in [-0.05, 0) is 66.4 Å². The van der Waals surface area contributed by atoms with Crippen LogP contribution in [0.4, 0.5) is 5.69 Å². The number of ether oxygens (including phenoxy) is 3. The molecule has 0 aliphatic carbocycles. The van der Waals surface area contributed by atoms with Gasteiger partial charge in [0.25, 0.3) is 0 Å². The van der Waals surface area contributed by atoms with Crippen LogP contribution in [-0.2, 0) is 6.54 Å². The van der Waals surface area contributed by atoms with Crippen molar-refractivity contribution in [1.82, 2.24) is 0 Å². The maximum atomic E-state index is 5.85. The second-order valence-electron chi connectivity index (χ2n) is 7.57. The van der Waals surface area contributed by atoms with Crippen molar-refractivity contribution in [2.24, 2.45) is 5.92 Å². The molecule has 0 saturated heterocycles. The van der Waals surface area contributed by atoms with Crippen LogP contribution in [-0.4, -0.2) is 19.8 Å². The summed E-state index contributed by atoms with van der Waals surface area (Å²) in [5.41, 5.74) is 2.24. The zero-order valence-electron chi connectivity index (χ0n) is 17.8. The van der Waals surface area contributed by atoms with Gasteiger partial charge in [0.1, 0.15) is 30.5 Å². The van der Waals surface area contributed by atoms with Gasteiger partial charge in [0.15, 0.2) is 0 Å². The molecular weight excluding hydrogens is 374 g/mol. The van der Waals surface area contributed by atoms with E-state index in [0.717, 1.165) is 42.5 Å². The van der Waals surface area contributed by atoms with Crippen molar-refractivity contribution in [3.8, 4) is 17.2 Å². The number of hydrogen-bond acceptors (Lipinski definition) is 4. The lowest BCUT2D eigenvalue weighted by atomic mass is 10.1. The van der Waals surface area contributed by atoms with Gasteiger partial charge in [-0.2, -0.15) is 0 Å². The molecule has 1 N–H and O–H groups in total. The molecule has 0 aromatic heterocycles. The lowest BCUT2D eigenvalue weighted by molar-refractivity contribution is 0.217. The fourth-order valence-corrected chi connectivity index (χ4v) is 2.87. The molecule has 4 heteroatoms. The van der Waals surface area contributed by atoms with Gasteiger partial charge in [0, 0.05) is 12.2 Å². The van der Waals surface area contributed by atoms with Crippen LogP contribution < -0.4 is 19.5 Å². The summed E-state index contributed by atoms with van der Waals surface area (Å²) in [4.78, 5) is 0. The summed E-state index contributed by atoms with van der Waals surface area (Å²) in [5.74, 6) is 3.27. The van der Waals surface area contributed by atoms with Crippen LogP contribution in [0.25, 0.3) is 0 Å². The number of para-hydroxylation sites is 1. The average Bonchev–Trinajstić information content (AvgIpc) is 2.77. The summed E-state index contributed by atoms with van der Waals surface area (Å²) in [6.07, 6.45) is 1.06. The van der Waals surface area contributed by atoms with Gasteiger partial charge >= 0.3 is 0 Å². The molecule has 0 saturated carbocycles. The molecule has 0 bridgehead atoms. The Kier molecular flexibility index (Phi) is 8.46. The van der Waals surface area contributed by atoms with Crippen LogP contribution in [0.2, 0.25) is 0 Å². The largest absolute Gasteiger partial charge is 0.494 e. The van der Waals surface area contributed by atoms with Gasteiger partial charge < -0.3 is 19.5 Å². The first-order valence-electron chi connectivity index (χ1n) is 10.6. The second kappa shape index (κ2) is 11.8. The molecule has 0 radical (unpaired) electrons. The molecule has 4 nitrogen and oxygen atoms in total. The zero-order valence-corrected chi connectivity index (χ0v) is 17.8. The first kappa shape index (κ1) is 21.6. The minimum absolute atomic E-state index is 0.505. The Morgan fingerprint density at radius 2 is 1.30 bits per heavy atom. The molecule has 0 spiro atoms. The molecule has 0 unspecified atom stereocenters. The van der Waals surface area contributed by atoms with Crippen LogP contribution in [0.15, 0.2) is 78.9 Å². The third-order valence-electron chi connectivity index (χ3n) is 4.58. The van der Waals surface area contributed by atoms with Crippen molar-refractivity contribution in [1.29, 1.82) is 0 Å². The molecule has 30 heavy (non-hydrogen) atoms. The van der Waals surface area contributed by atoms with Gasteiger partial charge in [-0.25, -0.2) is 0 Å². The first-order chi connectivity index (χ1) is 14.7. The summed E-state index contributed by atoms with van der Waals surface area (Å²) in [6.45, 7) is 6.93. The molecule has 0 fully saturated rings. The van der Waals surface area contributed by atoms with Crippen molar-refractivity contribution in [2.75, 3.05) is 25.1 Å². The molecule has 3 rings (SSSR count). The van der Waals surface area contributed by atoms with Crippen LogP contribution >= 0.6 is 0 Å². The standard InChI is InChI=1S/C26H31NO3/c1-21(2)15-16-28-26-10-6-7-22(19-26)20-27-23-11-13-25(14-12-23)30-18-17-29-24-8-4-3-5-9-24/h3-14,19,21,27H,15-18,20H2,1-2H3. The monoisotopic (exact) mass is 405 g/mol. The highest BCUT2D eigenvalue weighted by Crippen LogP contribution is 2.19. The lowest BCUT2D eigenvalue weighted by Crippen LogP contribution is -2.09. The number of benzene rings is 3. The molecule has 0 heterocycles.